The molecule has 3 rings (SSSR count). The van der Waals surface area contributed by atoms with Crippen LogP contribution in [-0.4, -0.2) is 34.5 Å². The highest BCUT2D eigenvalue weighted by atomic mass is 16.2. The van der Waals surface area contributed by atoms with E-state index in [0.29, 0.717) is 12.6 Å². The molecule has 2 fully saturated rings. The van der Waals surface area contributed by atoms with Gasteiger partial charge in [0, 0.05) is 17.7 Å². The van der Waals surface area contributed by atoms with Crippen LogP contribution in [-0.2, 0) is 10.2 Å². The maximum absolute atomic E-state index is 12.0. The van der Waals surface area contributed by atoms with Gasteiger partial charge in [-0.05, 0) is 18.9 Å². The Kier molecular flexibility index (Phi) is 3.59. The summed E-state index contributed by atoms with van der Waals surface area (Å²) in [5.41, 5.74) is -0.0833. The lowest BCUT2D eigenvalue weighted by molar-refractivity contribution is -0.122. The second-order valence-corrected chi connectivity index (χ2v) is 7.14. The molecule has 2 heterocycles. The van der Waals surface area contributed by atoms with Crippen molar-refractivity contribution < 1.29 is 4.79 Å². The van der Waals surface area contributed by atoms with Crippen molar-refractivity contribution in [1.29, 1.82) is 0 Å². The second-order valence-electron chi connectivity index (χ2n) is 7.14. The normalized spacial score (nSPS) is 26.2. The van der Waals surface area contributed by atoms with Crippen LogP contribution in [0, 0.1) is 0 Å². The molecule has 1 N–H and O–H groups in total. The quantitative estimate of drug-likeness (QED) is 0.859. The van der Waals surface area contributed by atoms with Crippen LogP contribution in [0.2, 0.25) is 0 Å². The minimum absolute atomic E-state index is 0.0833. The molecule has 1 saturated carbocycles. The number of aromatic nitrogens is 2. The van der Waals surface area contributed by atoms with Crippen LogP contribution in [0.15, 0.2) is 12.3 Å². The number of fused-ring (bicyclic) bond motifs is 1. The van der Waals surface area contributed by atoms with Crippen LogP contribution in [0.25, 0.3) is 0 Å². The number of hydrogen-bond acceptors (Lipinski definition) is 4. The van der Waals surface area contributed by atoms with Gasteiger partial charge in [-0.2, -0.15) is 0 Å². The fourth-order valence-electron chi connectivity index (χ4n) is 3.30. The van der Waals surface area contributed by atoms with Gasteiger partial charge in [-0.25, -0.2) is 9.97 Å². The molecule has 114 valence electrons. The molecule has 2 atom stereocenters. The number of rotatable bonds is 1. The van der Waals surface area contributed by atoms with Gasteiger partial charge in [0.05, 0.1) is 12.6 Å². The topological polar surface area (TPSA) is 58.1 Å². The van der Waals surface area contributed by atoms with E-state index in [4.69, 9.17) is 4.98 Å². The van der Waals surface area contributed by atoms with Crippen molar-refractivity contribution in [3.8, 4) is 0 Å². The van der Waals surface area contributed by atoms with Crippen LogP contribution in [0.1, 0.15) is 52.3 Å². The average Bonchev–Trinajstić information content (AvgIpc) is 2.45. The zero-order valence-corrected chi connectivity index (χ0v) is 13.1. The Labute approximate surface area is 126 Å². The average molecular weight is 288 g/mol. The maximum atomic E-state index is 12.0. The van der Waals surface area contributed by atoms with Gasteiger partial charge in [0.15, 0.2) is 0 Å². The number of carbonyl (C=O) groups is 1. The molecule has 1 saturated heterocycles. The number of carbonyl (C=O) groups excluding carboxylic acids is 1. The number of nitrogens with zero attached hydrogens (tertiary/aromatic N) is 3. The summed E-state index contributed by atoms with van der Waals surface area (Å²) in [6.45, 7) is 6.73. The van der Waals surface area contributed by atoms with E-state index < -0.39 is 0 Å². The van der Waals surface area contributed by atoms with E-state index in [-0.39, 0.29) is 17.4 Å². The van der Waals surface area contributed by atoms with E-state index in [9.17, 15) is 4.79 Å². The molecule has 0 bridgehead atoms. The molecular weight excluding hydrogens is 264 g/mol. The van der Waals surface area contributed by atoms with Crippen molar-refractivity contribution >= 4 is 11.7 Å². The zero-order chi connectivity index (χ0) is 15.0. The molecule has 1 aliphatic heterocycles. The van der Waals surface area contributed by atoms with Crippen molar-refractivity contribution in [3.05, 3.63) is 18.1 Å². The molecule has 1 aromatic heterocycles. The summed E-state index contributed by atoms with van der Waals surface area (Å²) in [5, 5.41) is 3.14. The fourth-order valence-corrected chi connectivity index (χ4v) is 3.30. The Morgan fingerprint density at radius 1 is 1.29 bits per heavy atom. The molecule has 2 aliphatic rings. The van der Waals surface area contributed by atoms with Crippen molar-refractivity contribution in [2.45, 2.75) is 64.0 Å². The van der Waals surface area contributed by atoms with Crippen LogP contribution in [0.5, 0.6) is 0 Å². The lowest BCUT2D eigenvalue weighted by Crippen LogP contribution is -2.62. The molecule has 1 aromatic rings. The standard InChI is InChI=1S/C16H24N4O/c1-16(2,3)15-17-9-8-13(19-15)20-10-14(21)18-11-6-4-5-7-12(11)20/h8-9,11-12H,4-7,10H2,1-3H3,(H,18,21)/t11-,12-/m0/s1. The van der Waals surface area contributed by atoms with E-state index in [1.165, 1.54) is 12.8 Å². The Morgan fingerprint density at radius 3 is 2.81 bits per heavy atom. The van der Waals surface area contributed by atoms with E-state index >= 15 is 0 Å². The Morgan fingerprint density at radius 2 is 2.05 bits per heavy atom. The number of piperazine rings is 1. The first kappa shape index (κ1) is 14.3. The van der Waals surface area contributed by atoms with Gasteiger partial charge >= 0.3 is 0 Å². The van der Waals surface area contributed by atoms with E-state index in [0.717, 1.165) is 24.5 Å². The van der Waals surface area contributed by atoms with E-state index in [1.54, 1.807) is 0 Å². The Hall–Kier alpha value is -1.65. The highest BCUT2D eigenvalue weighted by Crippen LogP contribution is 2.29. The largest absolute Gasteiger partial charge is 0.350 e. The molecule has 1 aliphatic carbocycles. The second kappa shape index (κ2) is 5.28. The van der Waals surface area contributed by atoms with Crippen LogP contribution in [0.4, 0.5) is 5.82 Å². The lowest BCUT2D eigenvalue weighted by atomic mass is 9.87. The van der Waals surface area contributed by atoms with Crippen LogP contribution >= 0.6 is 0 Å². The SMILES string of the molecule is CC(C)(C)c1nccc(N2CC(=O)N[C@H]3CCCC[C@@H]32)n1. The van der Waals surface area contributed by atoms with Gasteiger partial charge in [-0.3, -0.25) is 4.79 Å². The van der Waals surface area contributed by atoms with E-state index in [1.807, 2.05) is 12.3 Å². The van der Waals surface area contributed by atoms with E-state index in [2.05, 4.69) is 36.0 Å². The van der Waals surface area contributed by atoms with Gasteiger partial charge in [-0.15, -0.1) is 0 Å². The first-order valence-corrected chi connectivity index (χ1v) is 7.85. The summed E-state index contributed by atoms with van der Waals surface area (Å²) >= 11 is 0. The third-order valence-electron chi connectivity index (χ3n) is 4.40. The van der Waals surface area contributed by atoms with Gasteiger partial charge in [0.2, 0.25) is 5.91 Å². The highest BCUT2D eigenvalue weighted by molar-refractivity contribution is 5.83. The fraction of sp³-hybridized carbons (Fsp3) is 0.688. The van der Waals surface area contributed by atoms with Crippen LogP contribution < -0.4 is 10.2 Å². The molecule has 21 heavy (non-hydrogen) atoms. The predicted octanol–water partition coefficient (Wildman–Crippen LogP) is 2.02. The number of amides is 1. The molecule has 0 spiro atoms. The predicted molar refractivity (Wildman–Crippen MR) is 82.3 cm³/mol. The van der Waals surface area contributed by atoms with Crippen molar-refractivity contribution in [2.75, 3.05) is 11.4 Å². The van der Waals surface area contributed by atoms with Gasteiger partial charge in [0.25, 0.3) is 0 Å². The van der Waals surface area contributed by atoms with Gasteiger partial charge < -0.3 is 10.2 Å². The number of nitrogens with one attached hydrogen (secondary N) is 1. The third-order valence-corrected chi connectivity index (χ3v) is 4.40. The summed E-state index contributed by atoms with van der Waals surface area (Å²) in [7, 11) is 0. The molecular formula is C16H24N4O. The summed E-state index contributed by atoms with van der Waals surface area (Å²) < 4.78 is 0. The molecule has 1 amide bonds. The molecule has 5 heteroatoms. The van der Waals surface area contributed by atoms with Crippen molar-refractivity contribution in [1.82, 2.24) is 15.3 Å². The first-order chi connectivity index (χ1) is 9.95. The number of anilines is 1. The first-order valence-electron chi connectivity index (χ1n) is 7.85. The smallest absolute Gasteiger partial charge is 0.239 e. The minimum atomic E-state index is -0.0833. The minimum Gasteiger partial charge on any atom is -0.350 e. The van der Waals surface area contributed by atoms with Crippen molar-refractivity contribution in [2.24, 2.45) is 0 Å². The Bertz CT molecular complexity index is 537. The summed E-state index contributed by atoms with van der Waals surface area (Å²) in [5.74, 6) is 1.83. The van der Waals surface area contributed by atoms with Crippen LogP contribution in [0.3, 0.4) is 0 Å². The van der Waals surface area contributed by atoms with Gasteiger partial charge in [-0.1, -0.05) is 33.6 Å². The summed E-state index contributed by atoms with van der Waals surface area (Å²) in [4.78, 5) is 23.3. The maximum Gasteiger partial charge on any atom is 0.239 e. The summed E-state index contributed by atoms with van der Waals surface area (Å²) in [6, 6.07) is 2.58. The third kappa shape index (κ3) is 2.87. The molecule has 0 aromatic carbocycles. The highest BCUT2D eigenvalue weighted by Gasteiger charge is 2.37. The van der Waals surface area contributed by atoms with Gasteiger partial charge in [0.1, 0.15) is 11.6 Å². The Balaban J connectivity index is 1.92. The number of hydrogen-bond donors (Lipinski definition) is 1. The molecule has 0 unspecified atom stereocenters. The molecule has 0 radical (unpaired) electrons. The lowest BCUT2D eigenvalue weighted by Gasteiger charge is -2.44. The zero-order valence-electron chi connectivity index (χ0n) is 13.1. The molecule has 5 nitrogen and oxygen atoms in total. The summed E-state index contributed by atoms with van der Waals surface area (Å²) in [6.07, 6.45) is 6.44. The monoisotopic (exact) mass is 288 g/mol. The van der Waals surface area contributed by atoms with Crippen molar-refractivity contribution in [3.63, 3.8) is 0 Å².